The number of aromatic carboxylic acids is 1. The third-order valence-electron chi connectivity index (χ3n) is 2.00. The Labute approximate surface area is 102 Å². The minimum absolute atomic E-state index is 0.168. The Balaban J connectivity index is 2.98. The molecule has 0 unspecified atom stereocenters. The molecule has 16 heavy (non-hydrogen) atoms. The summed E-state index contributed by atoms with van der Waals surface area (Å²) in [6.45, 7) is 2.57. The van der Waals surface area contributed by atoms with Gasteiger partial charge < -0.3 is 16.2 Å². The van der Waals surface area contributed by atoms with Gasteiger partial charge in [0.2, 0.25) is 0 Å². The highest BCUT2D eigenvalue weighted by atomic mass is 79.9. The van der Waals surface area contributed by atoms with Crippen LogP contribution in [0.25, 0.3) is 0 Å². The molecule has 0 atom stereocenters. The summed E-state index contributed by atoms with van der Waals surface area (Å²) >= 11 is 3.29. The predicted molar refractivity (Wildman–Crippen MR) is 68.8 cm³/mol. The molecule has 1 aromatic rings. The van der Waals surface area contributed by atoms with Crippen LogP contribution in [0.2, 0.25) is 0 Å². The van der Waals surface area contributed by atoms with E-state index in [-0.39, 0.29) is 5.56 Å². The van der Waals surface area contributed by atoms with Crippen molar-refractivity contribution in [2.75, 3.05) is 17.6 Å². The van der Waals surface area contributed by atoms with Gasteiger partial charge in [-0.05, 0) is 35.0 Å². The highest BCUT2D eigenvalue weighted by Crippen LogP contribution is 2.30. The van der Waals surface area contributed by atoms with Crippen LogP contribution < -0.4 is 11.1 Å². The molecule has 1 rings (SSSR count). The average Bonchev–Trinajstić information content (AvgIpc) is 2.21. The number of nitrogens with two attached hydrogens (primary N) is 1. The Hall–Kier alpha value is -1.49. The number of halogens is 1. The molecule has 5 heteroatoms. The lowest BCUT2D eigenvalue weighted by molar-refractivity contribution is 0.0697. The van der Waals surface area contributed by atoms with Gasteiger partial charge in [0.1, 0.15) is 0 Å². The van der Waals surface area contributed by atoms with E-state index in [9.17, 15) is 4.79 Å². The van der Waals surface area contributed by atoms with Crippen molar-refractivity contribution in [2.45, 2.75) is 6.92 Å². The lowest BCUT2D eigenvalue weighted by Gasteiger charge is -2.10. The van der Waals surface area contributed by atoms with E-state index in [2.05, 4.69) is 21.2 Å². The van der Waals surface area contributed by atoms with Crippen LogP contribution in [0.5, 0.6) is 0 Å². The number of nitrogens with one attached hydrogen (secondary N) is 1. The van der Waals surface area contributed by atoms with E-state index in [0.717, 1.165) is 0 Å². The van der Waals surface area contributed by atoms with Crippen molar-refractivity contribution in [3.05, 3.63) is 34.3 Å². The molecular weight excluding hydrogens is 272 g/mol. The second kappa shape index (κ2) is 5.55. The normalized spacial score (nSPS) is 10.6. The highest BCUT2D eigenvalue weighted by Gasteiger charge is 2.10. The number of hydrogen-bond donors (Lipinski definition) is 3. The zero-order valence-corrected chi connectivity index (χ0v) is 10.4. The van der Waals surface area contributed by atoms with Gasteiger partial charge in [0, 0.05) is 11.0 Å². The molecule has 0 aromatic heterocycles. The van der Waals surface area contributed by atoms with Gasteiger partial charge in [-0.2, -0.15) is 0 Å². The van der Waals surface area contributed by atoms with Crippen molar-refractivity contribution < 1.29 is 9.90 Å². The smallest absolute Gasteiger partial charge is 0.335 e. The first-order valence-electron chi connectivity index (χ1n) is 4.73. The third kappa shape index (κ3) is 3.00. The van der Waals surface area contributed by atoms with Crippen molar-refractivity contribution in [2.24, 2.45) is 0 Å². The molecule has 0 aliphatic heterocycles. The Bertz CT molecular complexity index is 407. The summed E-state index contributed by atoms with van der Waals surface area (Å²) in [5, 5.41) is 11.9. The summed E-state index contributed by atoms with van der Waals surface area (Å²) in [5.41, 5.74) is 7.05. The molecule has 0 saturated heterocycles. The molecule has 4 N–H and O–H groups in total. The standard InChI is InChI=1S/C11H13BrN2O2/c1-2-3-4-14-10-8(12)5-7(11(15)16)6-9(10)13/h2-3,5-6,14H,4,13H2,1H3,(H,15,16)/b3-2-. The van der Waals surface area contributed by atoms with Crippen LogP contribution in [-0.4, -0.2) is 17.6 Å². The van der Waals surface area contributed by atoms with Crippen LogP contribution in [0.1, 0.15) is 17.3 Å². The van der Waals surface area contributed by atoms with Crippen molar-refractivity contribution in [1.82, 2.24) is 0 Å². The topological polar surface area (TPSA) is 75.3 Å². The molecule has 0 bridgehead atoms. The first-order chi connectivity index (χ1) is 7.56. The minimum atomic E-state index is -0.993. The summed E-state index contributed by atoms with van der Waals surface area (Å²) in [6.07, 6.45) is 3.86. The number of nitrogen functional groups attached to an aromatic ring is 1. The van der Waals surface area contributed by atoms with Crippen molar-refractivity contribution in [1.29, 1.82) is 0 Å². The number of anilines is 2. The predicted octanol–water partition coefficient (Wildman–Crippen LogP) is 2.72. The first-order valence-corrected chi connectivity index (χ1v) is 5.53. The van der Waals surface area contributed by atoms with E-state index in [1.165, 1.54) is 12.1 Å². The molecule has 0 saturated carbocycles. The zero-order valence-electron chi connectivity index (χ0n) is 8.83. The maximum absolute atomic E-state index is 10.8. The lowest BCUT2D eigenvalue weighted by Crippen LogP contribution is -2.05. The molecule has 0 spiro atoms. The second-order valence-corrected chi connectivity index (χ2v) is 4.03. The molecular formula is C11H13BrN2O2. The Morgan fingerprint density at radius 1 is 1.62 bits per heavy atom. The molecule has 1 aromatic carbocycles. The molecule has 0 amide bonds. The number of carboxylic acid groups (broad SMARTS) is 1. The SMILES string of the molecule is C/C=C\CNc1c(N)cc(C(=O)O)cc1Br. The van der Waals surface area contributed by atoms with Gasteiger partial charge in [-0.25, -0.2) is 4.79 Å². The molecule has 0 radical (unpaired) electrons. The van der Waals surface area contributed by atoms with Crippen LogP contribution in [0.15, 0.2) is 28.8 Å². The van der Waals surface area contributed by atoms with Gasteiger partial charge in [-0.1, -0.05) is 12.2 Å². The fourth-order valence-electron chi connectivity index (χ4n) is 1.22. The Morgan fingerprint density at radius 2 is 2.31 bits per heavy atom. The molecule has 0 fully saturated rings. The van der Waals surface area contributed by atoms with E-state index in [1.807, 2.05) is 19.1 Å². The molecule has 0 heterocycles. The largest absolute Gasteiger partial charge is 0.478 e. The summed E-state index contributed by atoms with van der Waals surface area (Å²) in [7, 11) is 0. The summed E-state index contributed by atoms with van der Waals surface area (Å²) in [6, 6.07) is 2.96. The monoisotopic (exact) mass is 284 g/mol. The summed E-state index contributed by atoms with van der Waals surface area (Å²) < 4.78 is 0.648. The van der Waals surface area contributed by atoms with Gasteiger partial charge >= 0.3 is 5.97 Å². The molecule has 86 valence electrons. The van der Waals surface area contributed by atoms with Crippen LogP contribution in [0.4, 0.5) is 11.4 Å². The molecule has 0 aliphatic carbocycles. The number of carboxylic acids is 1. The zero-order chi connectivity index (χ0) is 12.1. The summed E-state index contributed by atoms with van der Waals surface area (Å²) in [5.74, 6) is -0.993. The van der Waals surface area contributed by atoms with Crippen LogP contribution in [0.3, 0.4) is 0 Å². The van der Waals surface area contributed by atoms with E-state index in [1.54, 1.807) is 0 Å². The number of carbonyl (C=O) groups is 1. The fraction of sp³-hybridized carbons (Fsp3) is 0.182. The van der Waals surface area contributed by atoms with Crippen molar-refractivity contribution in [3.8, 4) is 0 Å². The van der Waals surface area contributed by atoms with Gasteiger partial charge in [0.15, 0.2) is 0 Å². The fourth-order valence-corrected chi connectivity index (χ4v) is 1.83. The van der Waals surface area contributed by atoms with E-state index >= 15 is 0 Å². The third-order valence-corrected chi connectivity index (χ3v) is 2.63. The van der Waals surface area contributed by atoms with Crippen molar-refractivity contribution in [3.63, 3.8) is 0 Å². The Kier molecular flexibility index (Phi) is 4.37. The van der Waals surface area contributed by atoms with Crippen molar-refractivity contribution >= 4 is 33.3 Å². The average molecular weight is 285 g/mol. The van der Waals surface area contributed by atoms with Gasteiger partial charge in [-0.15, -0.1) is 0 Å². The number of hydrogen-bond acceptors (Lipinski definition) is 3. The van der Waals surface area contributed by atoms with Crippen LogP contribution >= 0.6 is 15.9 Å². The number of allylic oxidation sites excluding steroid dienone is 1. The van der Waals surface area contributed by atoms with E-state index in [0.29, 0.717) is 22.4 Å². The lowest BCUT2D eigenvalue weighted by atomic mass is 10.1. The van der Waals surface area contributed by atoms with Gasteiger partial charge in [-0.3, -0.25) is 0 Å². The minimum Gasteiger partial charge on any atom is -0.478 e. The Morgan fingerprint density at radius 3 is 2.81 bits per heavy atom. The first kappa shape index (κ1) is 12.6. The quantitative estimate of drug-likeness (QED) is 0.587. The maximum Gasteiger partial charge on any atom is 0.335 e. The van der Waals surface area contributed by atoms with E-state index in [4.69, 9.17) is 10.8 Å². The molecule has 4 nitrogen and oxygen atoms in total. The van der Waals surface area contributed by atoms with E-state index < -0.39 is 5.97 Å². The second-order valence-electron chi connectivity index (χ2n) is 3.18. The van der Waals surface area contributed by atoms with Gasteiger partial charge in [0.05, 0.1) is 16.9 Å². The maximum atomic E-state index is 10.8. The number of benzene rings is 1. The van der Waals surface area contributed by atoms with Crippen LogP contribution in [0, 0.1) is 0 Å². The van der Waals surface area contributed by atoms with Gasteiger partial charge in [0.25, 0.3) is 0 Å². The molecule has 0 aliphatic rings. The highest BCUT2D eigenvalue weighted by molar-refractivity contribution is 9.10. The number of rotatable bonds is 4. The summed E-state index contributed by atoms with van der Waals surface area (Å²) in [4.78, 5) is 10.8. The van der Waals surface area contributed by atoms with Crippen LogP contribution in [-0.2, 0) is 0 Å².